The van der Waals surface area contributed by atoms with Crippen LogP contribution in [0.3, 0.4) is 0 Å². The molecule has 3 heterocycles. The number of rotatable bonds is 8. The molecule has 0 radical (unpaired) electrons. The SMILES string of the molecule is NC(=O)c1c(NC(=O)CN(Cc2ccco2)Cc2ccco2)sc2c1CCCC2. The molecule has 0 spiro atoms. The highest BCUT2D eigenvalue weighted by Crippen LogP contribution is 2.37. The van der Waals surface area contributed by atoms with E-state index in [9.17, 15) is 9.59 Å². The number of primary amides is 1. The van der Waals surface area contributed by atoms with E-state index in [1.165, 1.54) is 11.3 Å². The fraction of sp³-hybridized carbons (Fsp3) is 0.333. The van der Waals surface area contributed by atoms with E-state index < -0.39 is 5.91 Å². The van der Waals surface area contributed by atoms with Gasteiger partial charge in [0.05, 0.1) is 37.7 Å². The first kappa shape index (κ1) is 19.5. The topological polar surface area (TPSA) is 102 Å². The Morgan fingerprint density at radius 3 is 2.31 bits per heavy atom. The number of anilines is 1. The van der Waals surface area contributed by atoms with Gasteiger partial charge in [0.2, 0.25) is 5.91 Å². The maximum absolute atomic E-state index is 12.8. The number of nitrogens with zero attached hydrogens (tertiary/aromatic N) is 1. The van der Waals surface area contributed by atoms with Crippen LogP contribution in [-0.2, 0) is 30.7 Å². The van der Waals surface area contributed by atoms with Crippen molar-refractivity contribution >= 4 is 28.2 Å². The van der Waals surface area contributed by atoms with Crippen LogP contribution in [0.15, 0.2) is 45.6 Å². The number of carbonyl (C=O) groups excluding carboxylic acids is 2. The maximum Gasteiger partial charge on any atom is 0.251 e. The van der Waals surface area contributed by atoms with Crippen molar-refractivity contribution in [2.45, 2.75) is 38.8 Å². The van der Waals surface area contributed by atoms with E-state index in [0.29, 0.717) is 23.7 Å². The van der Waals surface area contributed by atoms with Gasteiger partial charge in [-0.3, -0.25) is 14.5 Å². The van der Waals surface area contributed by atoms with Gasteiger partial charge in [-0.05, 0) is 55.5 Å². The summed E-state index contributed by atoms with van der Waals surface area (Å²) in [4.78, 5) is 27.9. The van der Waals surface area contributed by atoms with Gasteiger partial charge in [0.1, 0.15) is 16.5 Å². The molecule has 2 amide bonds. The summed E-state index contributed by atoms with van der Waals surface area (Å²) in [6.07, 6.45) is 7.12. The molecule has 0 bridgehead atoms. The smallest absolute Gasteiger partial charge is 0.251 e. The molecule has 0 atom stereocenters. The van der Waals surface area contributed by atoms with Crippen molar-refractivity contribution < 1.29 is 18.4 Å². The largest absolute Gasteiger partial charge is 0.468 e. The van der Waals surface area contributed by atoms with Crippen molar-refractivity contribution in [3.05, 3.63) is 64.3 Å². The van der Waals surface area contributed by atoms with Gasteiger partial charge in [0, 0.05) is 4.88 Å². The van der Waals surface area contributed by atoms with Crippen molar-refractivity contribution in [1.29, 1.82) is 0 Å². The third-order valence-corrected chi connectivity index (χ3v) is 6.16. The predicted molar refractivity (Wildman–Crippen MR) is 110 cm³/mol. The second-order valence-corrected chi connectivity index (χ2v) is 8.24. The van der Waals surface area contributed by atoms with E-state index in [1.807, 2.05) is 29.2 Å². The molecule has 0 fully saturated rings. The van der Waals surface area contributed by atoms with E-state index in [4.69, 9.17) is 14.6 Å². The first-order chi connectivity index (χ1) is 14.1. The minimum absolute atomic E-state index is 0.127. The van der Waals surface area contributed by atoms with E-state index in [-0.39, 0.29) is 12.5 Å². The monoisotopic (exact) mass is 413 g/mol. The van der Waals surface area contributed by atoms with Gasteiger partial charge in [0.15, 0.2) is 0 Å². The summed E-state index contributed by atoms with van der Waals surface area (Å²) in [5.74, 6) is 0.828. The first-order valence-corrected chi connectivity index (χ1v) is 10.4. The first-order valence-electron chi connectivity index (χ1n) is 9.61. The van der Waals surface area contributed by atoms with Gasteiger partial charge in [-0.25, -0.2) is 0 Å². The highest BCUT2D eigenvalue weighted by molar-refractivity contribution is 7.17. The van der Waals surface area contributed by atoms with Crippen LogP contribution in [-0.4, -0.2) is 23.3 Å². The van der Waals surface area contributed by atoms with Crippen molar-refractivity contribution in [1.82, 2.24) is 4.90 Å². The third-order valence-electron chi connectivity index (χ3n) is 4.96. The number of aryl methyl sites for hydroxylation is 1. The summed E-state index contributed by atoms with van der Waals surface area (Å²) in [5, 5.41) is 3.48. The number of nitrogens with two attached hydrogens (primary N) is 1. The summed E-state index contributed by atoms with van der Waals surface area (Å²) >= 11 is 1.47. The van der Waals surface area contributed by atoms with Crippen molar-refractivity contribution in [3.63, 3.8) is 0 Å². The molecule has 3 aromatic heterocycles. The number of furan rings is 2. The number of nitrogens with one attached hydrogen (secondary N) is 1. The number of hydrogen-bond donors (Lipinski definition) is 2. The predicted octanol–water partition coefficient (Wildman–Crippen LogP) is 3.55. The van der Waals surface area contributed by atoms with Gasteiger partial charge >= 0.3 is 0 Å². The average molecular weight is 413 g/mol. The van der Waals surface area contributed by atoms with Crippen LogP contribution < -0.4 is 11.1 Å². The quantitative estimate of drug-likeness (QED) is 0.588. The lowest BCUT2D eigenvalue weighted by Crippen LogP contribution is -2.32. The molecule has 7 nitrogen and oxygen atoms in total. The number of carbonyl (C=O) groups is 2. The Hall–Kier alpha value is -2.84. The maximum atomic E-state index is 12.8. The van der Waals surface area contributed by atoms with Gasteiger partial charge in [-0.15, -0.1) is 11.3 Å². The van der Waals surface area contributed by atoms with Crippen LogP contribution in [0.4, 0.5) is 5.00 Å². The van der Waals surface area contributed by atoms with Crippen molar-refractivity contribution in [2.75, 3.05) is 11.9 Å². The van der Waals surface area contributed by atoms with Crippen LogP contribution in [0.5, 0.6) is 0 Å². The second kappa shape index (κ2) is 8.67. The number of fused-ring (bicyclic) bond motifs is 1. The molecule has 3 N–H and O–H groups in total. The molecule has 1 aliphatic carbocycles. The molecule has 0 aromatic carbocycles. The number of amides is 2. The lowest BCUT2D eigenvalue weighted by Gasteiger charge is -2.19. The zero-order valence-corrected chi connectivity index (χ0v) is 16.8. The van der Waals surface area contributed by atoms with E-state index >= 15 is 0 Å². The van der Waals surface area contributed by atoms with Gasteiger partial charge in [0.25, 0.3) is 5.91 Å². The Morgan fingerprint density at radius 1 is 1.07 bits per heavy atom. The molecule has 0 saturated carbocycles. The van der Waals surface area contributed by atoms with E-state index in [1.54, 1.807) is 12.5 Å². The van der Waals surface area contributed by atoms with Crippen LogP contribution in [0.2, 0.25) is 0 Å². The Labute approximate surface area is 172 Å². The van der Waals surface area contributed by atoms with Crippen molar-refractivity contribution in [3.8, 4) is 0 Å². The Bertz CT molecular complexity index is 940. The number of hydrogen-bond acceptors (Lipinski definition) is 6. The summed E-state index contributed by atoms with van der Waals surface area (Å²) in [5.41, 5.74) is 7.10. The van der Waals surface area contributed by atoms with Gasteiger partial charge in [-0.1, -0.05) is 0 Å². The van der Waals surface area contributed by atoms with Crippen LogP contribution >= 0.6 is 11.3 Å². The minimum atomic E-state index is -0.484. The molecule has 8 heteroatoms. The third kappa shape index (κ3) is 4.60. The van der Waals surface area contributed by atoms with Gasteiger partial charge < -0.3 is 19.9 Å². The number of thiophene rings is 1. The normalized spacial score (nSPS) is 13.4. The van der Waals surface area contributed by atoms with Crippen LogP contribution in [0.1, 0.15) is 45.2 Å². The molecule has 1 aliphatic rings. The summed E-state index contributed by atoms with van der Waals surface area (Å²) < 4.78 is 10.9. The van der Waals surface area contributed by atoms with E-state index in [2.05, 4.69) is 5.32 Å². The molecule has 29 heavy (non-hydrogen) atoms. The Balaban J connectivity index is 1.49. The second-order valence-electron chi connectivity index (χ2n) is 7.13. The fourth-order valence-corrected chi connectivity index (χ4v) is 5.01. The minimum Gasteiger partial charge on any atom is -0.468 e. The lowest BCUT2D eigenvalue weighted by atomic mass is 9.95. The van der Waals surface area contributed by atoms with Crippen LogP contribution in [0.25, 0.3) is 0 Å². The molecular weight excluding hydrogens is 390 g/mol. The highest BCUT2D eigenvalue weighted by atomic mass is 32.1. The highest BCUT2D eigenvalue weighted by Gasteiger charge is 2.25. The molecule has 0 unspecified atom stereocenters. The van der Waals surface area contributed by atoms with E-state index in [0.717, 1.165) is 47.6 Å². The van der Waals surface area contributed by atoms with Gasteiger partial charge in [-0.2, -0.15) is 0 Å². The molecule has 152 valence electrons. The fourth-order valence-electron chi connectivity index (χ4n) is 3.70. The molecule has 0 saturated heterocycles. The summed E-state index contributed by atoms with van der Waals surface area (Å²) in [6.45, 7) is 1.05. The molecule has 3 aromatic rings. The zero-order valence-electron chi connectivity index (χ0n) is 16.0. The zero-order chi connectivity index (χ0) is 20.2. The van der Waals surface area contributed by atoms with Crippen LogP contribution in [0, 0.1) is 0 Å². The molecule has 4 rings (SSSR count). The lowest BCUT2D eigenvalue weighted by molar-refractivity contribution is -0.117. The Morgan fingerprint density at radius 2 is 1.72 bits per heavy atom. The molecule has 0 aliphatic heterocycles. The average Bonchev–Trinajstić information content (AvgIpc) is 3.41. The standard InChI is InChI=1S/C21H23N3O4S/c22-20(26)19-16-7-1-2-8-17(16)29-21(19)23-18(25)13-24(11-14-5-3-9-27-14)12-15-6-4-10-28-15/h3-6,9-10H,1-2,7-8,11-13H2,(H2,22,26)(H,23,25). The van der Waals surface area contributed by atoms with Crippen molar-refractivity contribution in [2.24, 2.45) is 5.73 Å². The molecular formula is C21H23N3O4S. The summed E-state index contributed by atoms with van der Waals surface area (Å²) in [7, 11) is 0. The summed E-state index contributed by atoms with van der Waals surface area (Å²) in [6, 6.07) is 7.36. The Kier molecular flexibility index (Phi) is 5.82.